The zero-order valence-electron chi connectivity index (χ0n) is 13.9. The van der Waals surface area contributed by atoms with Gasteiger partial charge >= 0.3 is 0 Å². The molecule has 2 aliphatic heterocycles. The molecular weight excluding hydrogens is 314 g/mol. The highest BCUT2D eigenvalue weighted by atomic mass is 16.2. The standard InChI is InChI=1S/C19H19N5O/c20-8-12-24-14-19(16-3-1-2-4-17(16)24)6-10-23(11-7-19)18(25)15-5-9-21-22-13-15/h1-5,9,13H,6-7,10-12,14H2. The lowest BCUT2D eigenvalue weighted by Gasteiger charge is -2.40. The molecule has 1 aromatic carbocycles. The maximum Gasteiger partial charge on any atom is 0.255 e. The van der Waals surface area contributed by atoms with Gasteiger partial charge in [-0.25, -0.2) is 0 Å². The molecule has 0 saturated carbocycles. The highest BCUT2D eigenvalue weighted by molar-refractivity contribution is 5.93. The van der Waals surface area contributed by atoms with Gasteiger partial charge in [0, 0.05) is 30.7 Å². The number of fused-ring (bicyclic) bond motifs is 2. The van der Waals surface area contributed by atoms with E-state index in [4.69, 9.17) is 5.26 Å². The monoisotopic (exact) mass is 333 g/mol. The number of carbonyl (C=O) groups is 1. The fraction of sp³-hybridized carbons (Fsp3) is 0.368. The molecule has 6 nitrogen and oxygen atoms in total. The summed E-state index contributed by atoms with van der Waals surface area (Å²) in [5.74, 6) is 0.0184. The van der Waals surface area contributed by atoms with Gasteiger partial charge in [0.05, 0.1) is 24.0 Å². The topological polar surface area (TPSA) is 73.1 Å². The number of aromatic nitrogens is 2. The lowest BCUT2D eigenvalue weighted by atomic mass is 9.74. The van der Waals surface area contributed by atoms with Crippen LogP contribution in [0.2, 0.25) is 0 Å². The molecule has 6 heteroatoms. The molecule has 2 aliphatic rings. The Labute approximate surface area is 146 Å². The first kappa shape index (κ1) is 15.6. The number of benzene rings is 1. The Bertz CT molecular complexity index is 821. The Hall–Kier alpha value is -2.94. The van der Waals surface area contributed by atoms with Gasteiger partial charge in [-0.2, -0.15) is 15.5 Å². The number of piperidine rings is 1. The molecule has 3 heterocycles. The molecule has 4 rings (SSSR count). The van der Waals surface area contributed by atoms with Crippen molar-refractivity contribution in [2.45, 2.75) is 18.3 Å². The van der Waals surface area contributed by atoms with Crippen LogP contribution in [0.15, 0.2) is 42.7 Å². The van der Waals surface area contributed by atoms with Crippen molar-refractivity contribution in [2.24, 2.45) is 0 Å². The van der Waals surface area contributed by atoms with Crippen LogP contribution in [0.1, 0.15) is 28.8 Å². The molecule has 1 amide bonds. The van der Waals surface area contributed by atoms with Crippen LogP contribution in [-0.4, -0.2) is 47.2 Å². The second kappa shape index (κ2) is 6.17. The van der Waals surface area contributed by atoms with Crippen LogP contribution in [0.25, 0.3) is 0 Å². The van der Waals surface area contributed by atoms with Gasteiger partial charge in [-0.05, 0) is 30.5 Å². The summed E-state index contributed by atoms with van der Waals surface area (Å²) >= 11 is 0. The van der Waals surface area contributed by atoms with Crippen LogP contribution < -0.4 is 4.90 Å². The molecule has 0 bridgehead atoms. The second-order valence-electron chi connectivity index (χ2n) is 6.73. The van der Waals surface area contributed by atoms with Crippen molar-refractivity contribution in [2.75, 3.05) is 31.1 Å². The molecule has 0 N–H and O–H groups in total. The second-order valence-corrected chi connectivity index (χ2v) is 6.73. The van der Waals surface area contributed by atoms with Crippen molar-refractivity contribution in [1.29, 1.82) is 5.26 Å². The molecular formula is C19H19N5O. The van der Waals surface area contributed by atoms with Gasteiger partial charge in [0.1, 0.15) is 6.54 Å². The summed E-state index contributed by atoms with van der Waals surface area (Å²) in [5, 5.41) is 16.7. The van der Waals surface area contributed by atoms with E-state index in [0.717, 1.165) is 32.5 Å². The van der Waals surface area contributed by atoms with Crippen LogP contribution in [0, 0.1) is 11.3 Å². The summed E-state index contributed by atoms with van der Waals surface area (Å²) in [7, 11) is 0. The molecule has 0 radical (unpaired) electrons. The van der Waals surface area contributed by atoms with E-state index in [1.807, 2.05) is 11.0 Å². The first-order valence-electron chi connectivity index (χ1n) is 8.51. The molecule has 126 valence electrons. The summed E-state index contributed by atoms with van der Waals surface area (Å²) in [4.78, 5) is 16.7. The normalized spacial score (nSPS) is 18.0. The van der Waals surface area contributed by atoms with Crippen LogP contribution in [0.4, 0.5) is 5.69 Å². The number of rotatable bonds is 2. The minimum absolute atomic E-state index is 0.0184. The largest absolute Gasteiger partial charge is 0.357 e. The number of hydrogen-bond donors (Lipinski definition) is 0. The molecule has 0 atom stereocenters. The van der Waals surface area contributed by atoms with Gasteiger partial charge < -0.3 is 9.80 Å². The number of nitriles is 1. The summed E-state index contributed by atoms with van der Waals surface area (Å²) in [6, 6.07) is 12.3. The van der Waals surface area contributed by atoms with Crippen molar-refractivity contribution < 1.29 is 4.79 Å². The lowest BCUT2D eigenvalue weighted by Crippen LogP contribution is -2.47. The summed E-state index contributed by atoms with van der Waals surface area (Å²) in [5.41, 5.74) is 3.12. The number of amides is 1. The number of carbonyl (C=O) groups excluding carboxylic acids is 1. The molecule has 1 fully saturated rings. The van der Waals surface area contributed by atoms with Crippen molar-refractivity contribution in [3.63, 3.8) is 0 Å². The third-order valence-corrected chi connectivity index (χ3v) is 5.41. The zero-order valence-corrected chi connectivity index (χ0v) is 13.9. The Kier molecular flexibility index (Phi) is 3.85. The number of nitrogens with zero attached hydrogens (tertiary/aromatic N) is 5. The van der Waals surface area contributed by atoms with Gasteiger partial charge in [-0.1, -0.05) is 18.2 Å². The number of para-hydroxylation sites is 1. The molecule has 0 unspecified atom stereocenters. The van der Waals surface area contributed by atoms with E-state index in [2.05, 4.69) is 39.4 Å². The Balaban J connectivity index is 1.54. The van der Waals surface area contributed by atoms with Gasteiger partial charge in [-0.3, -0.25) is 4.79 Å². The number of likely N-dealkylation sites (tertiary alicyclic amines) is 1. The van der Waals surface area contributed by atoms with Gasteiger partial charge in [0.25, 0.3) is 5.91 Å². The van der Waals surface area contributed by atoms with E-state index in [9.17, 15) is 4.79 Å². The Morgan fingerprint density at radius 3 is 2.72 bits per heavy atom. The van der Waals surface area contributed by atoms with Gasteiger partial charge in [0.2, 0.25) is 0 Å². The minimum Gasteiger partial charge on any atom is -0.357 e. The van der Waals surface area contributed by atoms with Crippen LogP contribution in [0.3, 0.4) is 0 Å². The quantitative estimate of drug-likeness (QED) is 0.786. The highest BCUT2D eigenvalue weighted by Crippen LogP contribution is 2.46. The molecule has 1 spiro atoms. The fourth-order valence-corrected chi connectivity index (χ4v) is 4.13. The van der Waals surface area contributed by atoms with E-state index in [-0.39, 0.29) is 11.3 Å². The maximum atomic E-state index is 12.6. The predicted octanol–water partition coefficient (Wildman–Crippen LogP) is 1.99. The third kappa shape index (κ3) is 2.62. The van der Waals surface area contributed by atoms with Gasteiger partial charge in [-0.15, -0.1) is 0 Å². The van der Waals surface area contributed by atoms with E-state index >= 15 is 0 Å². The summed E-state index contributed by atoms with van der Waals surface area (Å²) in [6.07, 6.45) is 4.89. The molecule has 0 aliphatic carbocycles. The van der Waals surface area contributed by atoms with Crippen LogP contribution in [0.5, 0.6) is 0 Å². The van der Waals surface area contributed by atoms with E-state index < -0.39 is 0 Å². The third-order valence-electron chi connectivity index (χ3n) is 5.41. The first-order chi connectivity index (χ1) is 12.2. The van der Waals surface area contributed by atoms with Crippen LogP contribution in [-0.2, 0) is 5.41 Å². The Morgan fingerprint density at radius 1 is 1.20 bits per heavy atom. The summed E-state index contributed by atoms with van der Waals surface area (Å²) in [6.45, 7) is 2.70. The summed E-state index contributed by atoms with van der Waals surface area (Å²) < 4.78 is 0. The average Bonchev–Trinajstić information content (AvgIpc) is 2.97. The van der Waals surface area contributed by atoms with E-state index in [1.165, 1.54) is 17.4 Å². The van der Waals surface area contributed by atoms with Crippen molar-refractivity contribution in [3.05, 3.63) is 53.9 Å². The molecule has 25 heavy (non-hydrogen) atoms. The molecule has 2 aromatic rings. The van der Waals surface area contributed by atoms with E-state index in [0.29, 0.717) is 12.1 Å². The predicted molar refractivity (Wildman–Crippen MR) is 93.1 cm³/mol. The minimum atomic E-state index is 0.0184. The number of hydrogen-bond acceptors (Lipinski definition) is 5. The SMILES string of the molecule is N#CCN1CC2(CCN(C(=O)c3ccnnc3)CC2)c2ccccc21. The van der Waals surface area contributed by atoms with Gasteiger partial charge in [0.15, 0.2) is 0 Å². The smallest absolute Gasteiger partial charge is 0.255 e. The Morgan fingerprint density at radius 2 is 2.00 bits per heavy atom. The van der Waals surface area contributed by atoms with Crippen LogP contribution >= 0.6 is 0 Å². The van der Waals surface area contributed by atoms with Crippen molar-refractivity contribution in [1.82, 2.24) is 15.1 Å². The average molecular weight is 333 g/mol. The molecule has 1 saturated heterocycles. The maximum absolute atomic E-state index is 12.6. The highest BCUT2D eigenvalue weighted by Gasteiger charge is 2.45. The van der Waals surface area contributed by atoms with Crippen molar-refractivity contribution >= 4 is 11.6 Å². The fourth-order valence-electron chi connectivity index (χ4n) is 4.13. The van der Waals surface area contributed by atoms with E-state index in [1.54, 1.807) is 12.3 Å². The van der Waals surface area contributed by atoms with Crippen molar-refractivity contribution in [3.8, 4) is 6.07 Å². The zero-order chi connectivity index (χ0) is 17.3. The number of anilines is 1. The molecule has 1 aromatic heterocycles. The first-order valence-corrected chi connectivity index (χ1v) is 8.51. The lowest BCUT2D eigenvalue weighted by molar-refractivity contribution is 0.0673.